The summed E-state index contributed by atoms with van der Waals surface area (Å²) in [5.41, 5.74) is 1.50. The molecule has 1 aromatic carbocycles. The van der Waals surface area contributed by atoms with E-state index in [0.29, 0.717) is 5.56 Å². The Bertz CT molecular complexity index is 444. The van der Waals surface area contributed by atoms with Crippen molar-refractivity contribution in [3.63, 3.8) is 0 Å². The van der Waals surface area contributed by atoms with Crippen LogP contribution in [0.4, 0.5) is 0 Å². The molecule has 1 aliphatic rings. The summed E-state index contributed by atoms with van der Waals surface area (Å²) in [4.78, 5) is 22.6. The number of amides is 1. The molecular formula is C12H13NO3S. The van der Waals surface area contributed by atoms with E-state index in [9.17, 15) is 9.59 Å². The molecular weight excluding hydrogens is 238 g/mol. The molecule has 0 unspecified atom stereocenters. The maximum Gasteiger partial charge on any atom is 0.337 e. The number of carbonyl (C=O) groups excluding carboxylic acids is 2. The highest BCUT2D eigenvalue weighted by atomic mass is 32.2. The first-order valence-electron chi connectivity index (χ1n) is 5.26. The maximum atomic E-state index is 11.4. The summed E-state index contributed by atoms with van der Waals surface area (Å²) in [6.45, 7) is 1.88. The molecule has 17 heavy (non-hydrogen) atoms. The van der Waals surface area contributed by atoms with Crippen LogP contribution in [-0.4, -0.2) is 24.2 Å². The standard InChI is InChI=1S/C12H13NO3S/c1-7-10(14)13-11(17-7)8-3-5-9(6-4-8)12(15)16-2/h3-7,11H,1-2H3,(H,13,14)/t7-,11+/m0/s1. The molecule has 5 heteroatoms. The lowest BCUT2D eigenvalue weighted by atomic mass is 10.1. The zero-order valence-corrected chi connectivity index (χ0v) is 10.4. The monoisotopic (exact) mass is 251 g/mol. The van der Waals surface area contributed by atoms with E-state index in [1.165, 1.54) is 7.11 Å². The number of esters is 1. The van der Waals surface area contributed by atoms with Gasteiger partial charge in [-0.1, -0.05) is 12.1 Å². The van der Waals surface area contributed by atoms with Crippen molar-refractivity contribution in [1.29, 1.82) is 0 Å². The normalized spacial score (nSPS) is 23.3. The molecule has 1 saturated heterocycles. The van der Waals surface area contributed by atoms with Crippen molar-refractivity contribution in [3.05, 3.63) is 35.4 Å². The zero-order valence-electron chi connectivity index (χ0n) is 9.60. The Kier molecular flexibility index (Phi) is 3.38. The lowest BCUT2D eigenvalue weighted by molar-refractivity contribution is -0.119. The van der Waals surface area contributed by atoms with Gasteiger partial charge in [0.1, 0.15) is 5.37 Å². The second-order valence-corrected chi connectivity index (χ2v) is 5.23. The number of thioether (sulfide) groups is 1. The van der Waals surface area contributed by atoms with Crippen LogP contribution in [0.3, 0.4) is 0 Å². The molecule has 1 fully saturated rings. The van der Waals surface area contributed by atoms with Gasteiger partial charge in [0, 0.05) is 0 Å². The Morgan fingerprint density at radius 1 is 1.35 bits per heavy atom. The van der Waals surface area contributed by atoms with Gasteiger partial charge in [-0.2, -0.15) is 0 Å². The van der Waals surface area contributed by atoms with Crippen LogP contribution in [0, 0.1) is 0 Å². The van der Waals surface area contributed by atoms with Gasteiger partial charge in [0.05, 0.1) is 17.9 Å². The Labute approximate surface area is 104 Å². The van der Waals surface area contributed by atoms with Gasteiger partial charge in [0.15, 0.2) is 0 Å². The second-order valence-electron chi connectivity index (χ2n) is 3.78. The summed E-state index contributed by atoms with van der Waals surface area (Å²) in [6, 6.07) is 7.08. The van der Waals surface area contributed by atoms with Crippen molar-refractivity contribution in [1.82, 2.24) is 5.32 Å². The number of benzene rings is 1. The summed E-state index contributed by atoms with van der Waals surface area (Å²) < 4.78 is 4.62. The summed E-state index contributed by atoms with van der Waals surface area (Å²) in [6.07, 6.45) is 0. The molecule has 1 aromatic rings. The molecule has 1 heterocycles. The summed E-state index contributed by atoms with van der Waals surface area (Å²) in [7, 11) is 1.35. The number of rotatable bonds is 2. The number of methoxy groups -OCH3 is 1. The van der Waals surface area contributed by atoms with E-state index in [2.05, 4.69) is 10.1 Å². The largest absolute Gasteiger partial charge is 0.465 e. The van der Waals surface area contributed by atoms with E-state index in [1.807, 2.05) is 19.1 Å². The van der Waals surface area contributed by atoms with Crippen molar-refractivity contribution >= 4 is 23.6 Å². The van der Waals surface area contributed by atoms with Crippen molar-refractivity contribution in [2.75, 3.05) is 7.11 Å². The van der Waals surface area contributed by atoms with E-state index >= 15 is 0 Å². The van der Waals surface area contributed by atoms with E-state index < -0.39 is 0 Å². The highest BCUT2D eigenvalue weighted by Crippen LogP contribution is 2.35. The summed E-state index contributed by atoms with van der Waals surface area (Å²) in [5.74, 6) is -0.301. The minimum Gasteiger partial charge on any atom is -0.465 e. The third-order valence-electron chi connectivity index (χ3n) is 2.62. The fourth-order valence-electron chi connectivity index (χ4n) is 1.62. The third-order valence-corrected chi connectivity index (χ3v) is 3.90. The van der Waals surface area contributed by atoms with Crippen LogP contribution in [0.15, 0.2) is 24.3 Å². The van der Waals surface area contributed by atoms with Gasteiger partial charge in [-0.3, -0.25) is 4.79 Å². The van der Waals surface area contributed by atoms with Crippen molar-refractivity contribution in [2.24, 2.45) is 0 Å². The van der Waals surface area contributed by atoms with Crippen LogP contribution in [0.5, 0.6) is 0 Å². The average Bonchev–Trinajstić information content (AvgIpc) is 2.69. The number of hydrogen-bond acceptors (Lipinski definition) is 4. The molecule has 1 N–H and O–H groups in total. The highest BCUT2D eigenvalue weighted by Gasteiger charge is 2.29. The molecule has 0 aromatic heterocycles. The summed E-state index contributed by atoms with van der Waals surface area (Å²) >= 11 is 1.57. The van der Waals surface area contributed by atoms with Gasteiger partial charge in [-0.25, -0.2) is 4.79 Å². The predicted molar refractivity (Wildman–Crippen MR) is 65.7 cm³/mol. The second kappa shape index (κ2) is 4.79. The Balaban J connectivity index is 2.14. The smallest absolute Gasteiger partial charge is 0.337 e. The molecule has 0 radical (unpaired) electrons. The molecule has 1 amide bonds. The first kappa shape index (κ1) is 12.0. The molecule has 0 bridgehead atoms. The van der Waals surface area contributed by atoms with Gasteiger partial charge in [-0.05, 0) is 24.6 Å². The van der Waals surface area contributed by atoms with Crippen LogP contribution in [0.2, 0.25) is 0 Å². The molecule has 2 rings (SSSR count). The Hall–Kier alpha value is -1.49. The van der Waals surface area contributed by atoms with E-state index in [0.717, 1.165) is 5.56 Å². The quantitative estimate of drug-likeness (QED) is 0.813. The molecule has 90 valence electrons. The van der Waals surface area contributed by atoms with E-state index in [-0.39, 0.29) is 22.5 Å². The fourth-order valence-corrected chi connectivity index (χ4v) is 2.72. The molecule has 4 nitrogen and oxygen atoms in total. The van der Waals surface area contributed by atoms with Crippen molar-refractivity contribution < 1.29 is 14.3 Å². The van der Waals surface area contributed by atoms with Crippen LogP contribution >= 0.6 is 11.8 Å². The first-order chi connectivity index (χ1) is 8.11. The van der Waals surface area contributed by atoms with Gasteiger partial charge < -0.3 is 10.1 Å². The molecule has 1 aliphatic heterocycles. The fraction of sp³-hybridized carbons (Fsp3) is 0.333. The highest BCUT2D eigenvalue weighted by molar-refractivity contribution is 8.01. The van der Waals surface area contributed by atoms with Crippen LogP contribution in [0.1, 0.15) is 28.2 Å². The number of ether oxygens (including phenoxy) is 1. The lowest BCUT2D eigenvalue weighted by Gasteiger charge is -2.09. The molecule has 2 atom stereocenters. The molecule has 0 saturated carbocycles. The van der Waals surface area contributed by atoms with Gasteiger partial charge in [0.25, 0.3) is 0 Å². The van der Waals surface area contributed by atoms with Crippen LogP contribution < -0.4 is 5.32 Å². The zero-order chi connectivity index (χ0) is 12.4. The number of carbonyl (C=O) groups is 2. The maximum absolute atomic E-state index is 11.4. The van der Waals surface area contributed by atoms with Gasteiger partial charge in [0.2, 0.25) is 5.91 Å². The van der Waals surface area contributed by atoms with Gasteiger partial charge >= 0.3 is 5.97 Å². The summed E-state index contributed by atoms with van der Waals surface area (Å²) in [5, 5.41) is 2.84. The lowest BCUT2D eigenvalue weighted by Crippen LogP contribution is -2.22. The third kappa shape index (κ3) is 2.44. The van der Waals surface area contributed by atoms with E-state index in [4.69, 9.17) is 0 Å². The topological polar surface area (TPSA) is 55.4 Å². The number of nitrogens with one attached hydrogen (secondary N) is 1. The predicted octanol–water partition coefficient (Wildman–Crippen LogP) is 1.72. The van der Waals surface area contributed by atoms with Crippen molar-refractivity contribution in [2.45, 2.75) is 17.5 Å². The Morgan fingerprint density at radius 3 is 2.47 bits per heavy atom. The van der Waals surface area contributed by atoms with E-state index in [1.54, 1.807) is 23.9 Å². The Morgan fingerprint density at radius 2 is 2.00 bits per heavy atom. The molecule has 0 spiro atoms. The van der Waals surface area contributed by atoms with Crippen molar-refractivity contribution in [3.8, 4) is 0 Å². The number of hydrogen-bond donors (Lipinski definition) is 1. The average molecular weight is 251 g/mol. The minimum absolute atomic E-state index is 0.0239. The van der Waals surface area contributed by atoms with Crippen LogP contribution in [-0.2, 0) is 9.53 Å². The minimum atomic E-state index is -0.354. The van der Waals surface area contributed by atoms with Crippen LogP contribution in [0.25, 0.3) is 0 Å². The molecule has 0 aliphatic carbocycles. The first-order valence-corrected chi connectivity index (χ1v) is 6.20. The SMILES string of the molecule is COC(=O)c1ccc([C@@H]2NC(=O)[C@H](C)S2)cc1. The van der Waals surface area contributed by atoms with Gasteiger partial charge in [-0.15, -0.1) is 11.8 Å².